The molecule has 6 nitrogen and oxygen atoms in total. The molecule has 0 bridgehead atoms. The highest BCUT2D eigenvalue weighted by molar-refractivity contribution is 6.27. The van der Waals surface area contributed by atoms with Crippen LogP contribution >= 0.6 is 0 Å². The maximum atomic E-state index is 9.10. The summed E-state index contributed by atoms with van der Waals surface area (Å²) < 4.78 is 0. The van der Waals surface area contributed by atoms with Gasteiger partial charge in [-0.25, -0.2) is 9.59 Å². The number of hydrogen-bond donors (Lipinski definition) is 4. The first-order chi connectivity index (χ1) is 8.34. The summed E-state index contributed by atoms with van der Waals surface area (Å²) in [6.07, 6.45) is 1.92. The van der Waals surface area contributed by atoms with E-state index >= 15 is 0 Å². The molecule has 0 saturated heterocycles. The lowest BCUT2D eigenvalue weighted by Gasteiger charge is -2.11. The van der Waals surface area contributed by atoms with E-state index in [1.807, 2.05) is 12.1 Å². The summed E-state index contributed by atoms with van der Waals surface area (Å²) in [7, 11) is 0. The van der Waals surface area contributed by atoms with E-state index in [9.17, 15) is 0 Å². The van der Waals surface area contributed by atoms with Crippen LogP contribution in [0.1, 0.15) is 25.0 Å². The van der Waals surface area contributed by atoms with Crippen LogP contribution in [0.3, 0.4) is 0 Å². The van der Waals surface area contributed by atoms with Gasteiger partial charge in [0, 0.05) is 11.4 Å². The number of carbonyl (C=O) groups is 2. The summed E-state index contributed by atoms with van der Waals surface area (Å²) in [5, 5.41) is 14.8. The van der Waals surface area contributed by atoms with Gasteiger partial charge in [-0.2, -0.15) is 0 Å². The van der Waals surface area contributed by atoms with Crippen LogP contribution in [0.2, 0.25) is 0 Å². The molecule has 6 heteroatoms. The van der Waals surface area contributed by atoms with Crippen molar-refractivity contribution in [1.29, 1.82) is 0 Å². The third-order valence-corrected chi connectivity index (χ3v) is 2.39. The lowest BCUT2D eigenvalue weighted by atomic mass is 9.99. The van der Waals surface area contributed by atoms with Gasteiger partial charge in [0.2, 0.25) is 0 Å². The molecule has 1 aromatic carbocycles. The average Bonchev–Trinajstić information content (AvgIpc) is 2.32. The molecule has 0 saturated carbocycles. The zero-order valence-electron chi connectivity index (χ0n) is 10.4. The van der Waals surface area contributed by atoms with E-state index in [4.69, 9.17) is 31.3 Å². The summed E-state index contributed by atoms with van der Waals surface area (Å²) in [6, 6.07) is 3.76. The number of benzene rings is 1. The molecule has 0 aliphatic rings. The van der Waals surface area contributed by atoms with Crippen molar-refractivity contribution < 1.29 is 19.8 Å². The largest absolute Gasteiger partial charge is 0.473 e. The Morgan fingerprint density at radius 2 is 1.22 bits per heavy atom. The number of carboxylic acids is 2. The van der Waals surface area contributed by atoms with E-state index in [2.05, 4.69) is 13.8 Å². The molecular formula is C12H18N2O4. The topological polar surface area (TPSA) is 127 Å². The molecular weight excluding hydrogens is 236 g/mol. The predicted octanol–water partition coefficient (Wildman–Crippen LogP) is 1.13. The SMILES string of the molecule is CCc1c(N)ccc(N)c1CC.O=C(O)C(=O)O. The minimum absolute atomic E-state index is 0.864. The van der Waals surface area contributed by atoms with Crippen LogP contribution in [0.5, 0.6) is 0 Å². The number of carboxylic acid groups (broad SMARTS) is 2. The van der Waals surface area contributed by atoms with Crippen LogP contribution in [-0.2, 0) is 22.4 Å². The van der Waals surface area contributed by atoms with Crippen LogP contribution in [0, 0.1) is 0 Å². The summed E-state index contributed by atoms with van der Waals surface area (Å²) >= 11 is 0. The second-order valence-electron chi connectivity index (χ2n) is 3.52. The van der Waals surface area contributed by atoms with Crippen LogP contribution < -0.4 is 11.5 Å². The second kappa shape index (κ2) is 7.16. The van der Waals surface area contributed by atoms with Gasteiger partial charge in [0.1, 0.15) is 0 Å². The van der Waals surface area contributed by atoms with Crippen molar-refractivity contribution >= 4 is 23.3 Å². The zero-order valence-corrected chi connectivity index (χ0v) is 10.4. The van der Waals surface area contributed by atoms with Crippen molar-refractivity contribution in [1.82, 2.24) is 0 Å². The molecule has 0 heterocycles. The monoisotopic (exact) mass is 254 g/mol. The molecule has 18 heavy (non-hydrogen) atoms. The fourth-order valence-electron chi connectivity index (χ4n) is 1.56. The quantitative estimate of drug-likeness (QED) is 0.463. The lowest BCUT2D eigenvalue weighted by molar-refractivity contribution is -0.159. The van der Waals surface area contributed by atoms with E-state index in [1.165, 1.54) is 11.1 Å². The summed E-state index contributed by atoms with van der Waals surface area (Å²) in [5.41, 5.74) is 15.8. The molecule has 0 unspecified atom stereocenters. The van der Waals surface area contributed by atoms with Gasteiger partial charge in [-0.3, -0.25) is 0 Å². The molecule has 6 N–H and O–H groups in total. The van der Waals surface area contributed by atoms with Gasteiger partial charge in [-0.05, 0) is 36.1 Å². The van der Waals surface area contributed by atoms with E-state index in [0.29, 0.717) is 0 Å². The number of nitrogens with two attached hydrogens (primary N) is 2. The Labute approximate surface area is 105 Å². The van der Waals surface area contributed by atoms with Gasteiger partial charge in [-0.15, -0.1) is 0 Å². The van der Waals surface area contributed by atoms with E-state index in [0.717, 1.165) is 24.2 Å². The Kier molecular flexibility index (Phi) is 6.27. The number of anilines is 2. The van der Waals surface area contributed by atoms with Crippen LogP contribution in [0.25, 0.3) is 0 Å². The normalized spacial score (nSPS) is 9.22. The number of aliphatic carboxylic acids is 2. The van der Waals surface area contributed by atoms with Crippen molar-refractivity contribution in [2.24, 2.45) is 0 Å². The molecule has 0 amide bonds. The van der Waals surface area contributed by atoms with Crippen molar-refractivity contribution in [3.63, 3.8) is 0 Å². The Hall–Kier alpha value is -2.24. The first-order valence-corrected chi connectivity index (χ1v) is 5.46. The minimum atomic E-state index is -1.82. The molecule has 0 radical (unpaired) electrons. The highest BCUT2D eigenvalue weighted by Crippen LogP contribution is 2.23. The summed E-state index contributed by atoms with van der Waals surface area (Å²) in [5.74, 6) is -3.65. The fourth-order valence-corrected chi connectivity index (χ4v) is 1.56. The van der Waals surface area contributed by atoms with Gasteiger partial charge in [0.25, 0.3) is 0 Å². The van der Waals surface area contributed by atoms with E-state index in [1.54, 1.807) is 0 Å². The Morgan fingerprint density at radius 3 is 1.39 bits per heavy atom. The maximum Gasteiger partial charge on any atom is 0.414 e. The van der Waals surface area contributed by atoms with Gasteiger partial charge in [-0.1, -0.05) is 13.8 Å². The van der Waals surface area contributed by atoms with Crippen LogP contribution in [-0.4, -0.2) is 22.2 Å². The first kappa shape index (κ1) is 15.8. The lowest BCUT2D eigenvalue weighted by Crippen LogP contribution is -2.09. The van der Waals surface area contributed by atoms with Crippen LogP contribution in [0.4, 0.5) is 11.4 Å². The fraction of sp³-hybridized carbons (Fsp3) is 0.333. The Bertz CT molecular complexity index is 403. The van der Waals surface area contributed by atoms with Crippen molar-refractivity contribution in [3.8, 4) is 0 Å². The zero-order chi connectivity index (χ0) is 14.3. The van der Waals surface area contributed by atoms with Crippen molar-refractivity contribution in [2.45, 2.75) is 26.7 Å². The highest BCUT2D eigenvalue weighted by atomic mass is 16.4. The second-order valence-corrected chi connectivity index (χ2v) is 3.52. The smallest absolute Gasteiger partial charge is 0.414 e. The Balaban J connectivity index is 0.000000411. The van der Waals surface area contributed by atoms with Gasteiger partial charge >= 0.3 is 11.9 Å². The van der Waals surface area contributed by atoms with Gasteiger partial charge in [0.05, 0.1) is 0 Å². The standard InChI is InChI=1S/C10H16N2.C2H2O4/c1-3-7-8(4-2)10(12)6-5-9(7)11;3-1(4)2(5)6/h5-6H,3-4,11-12H2,1-2H3;(H,3,4)(H,5,6). The van der Waals surface area contributed by atoms with Crippen molar-refractivity contribution in [3.05, 3.63) is 23.3 Å². The number of hydrogen-bond acceptors (Lipinski definition) is 4. The number of nitrogen functional groups attached to an aromatic ring is 2. The third-order valence-electron chi connectivity index (χ3n) is 2.39. The molecule has 100 valence electrons. The highest BCUT2D eigenvalue weighted by Gasteiger charge is 2.05. The first-order valence-electron chi connectivity index (χ1n) is 5.46. The Morgan fingerprint density at radius 1 is 0.944 bits per heavy atom. The number of rotatable bonds is 2. The molecule has 0 atom stereocenters. The average molecular weight is 254 g/mol. The van der Waals surface area contributed by atoms with E-state index < -0.39 is 11.9 Å². The van der Waals surface area contributed by atoms with E-state index in [-0.39, 0.29) is 0 Å². The maximum absolute atomic E-state index is 9.10. The molecule has 0 aliphatic carbocycles. The van der Waals surface area contributed by atoms with Crippen LogP contribution in [0.15, 0.2) is 12.1 Å². The molecule has 1 aromatic rings. The molecule has 0 aliphatic heterocycles. The minimum Gasteiger partial charge on any atom is -0.473 e. The van der Waals surface area contributed by atoms with Crippen molar-refractivity contribution in [2.75, 3.05) is 11.5 Å². The molecule has 0 spiro atoms. The summed E-state index contributed by atoms with van der Waals surface area (Å²) in [4.78, 5) is 18.2. The molecule has 0 fully saturated rings. The van der Waals surface area contributed by atoms with Gasteiger partial charge in [0.15, 0.2) is 0 Å². The molecule has 1 rings (SSSR count). The molecule has 0 aromatic heterocycles. The summed E-state index contributed by atoms with van der Waals surface area (Å²) in [6.45, 7) is 4.20. The predicted molar refractivity (Wildman–Crippen MR) is 69.3 cm³/mol. The third kappa shape index (κ3) is 4.32. The van der Waals surface area contributed by atoms with Gasteiger partial charge < -0.3 is 21.7 Å².